The fourth-order valence-electron chi connectivity index (χ4n) is 12.3. The highest BCUT2D eigenvalue weighted by atomic mass is 16.3. The van der Waals surface area contributed by atoms with E-state index in [1.807, 2.05) is 0 Å². The molecule has 0 fully saturated rings. The Labute approximate surface area is 418 Å². The maximum Gasteiger partial charge on any atom is 0.159 e. The van der Waals surface area contributed by atoms with Crippen LogP contribution in [0.4, 0.5) is 34.1 Å². The molecular formula is C68H52N2O2. The fourth-order valence-corrected chi connectivity index (χ4v) is 12.3. The summed E-state index contributed by atoms with van der Waals surface area (Å²) < 4.78 is 13.9. The van der Waals surface area contributed by atoms with E-state index in [0.717, 1.165) is 90.8 Å². The normalized spacial score (nSPS) is 12.1. The summed E-state index contributed by atoms with van der Waals surface area (Å²) >= 11 is 0. The maximum absolute atomic E-state index is 6.96. The van der Waals surface area contributed by atoms with Crippen LogP contribution < -0.4 is 9.80 Å². The van der Waals surface area contributed by atoms with E-state index in [1.54, 1.807) is 0 Å². The van der Waals surface area contributed by atoms with Crippen molar-refractivity contribution in [3.63, 3.8) is 0 Å². The summed E-state index contributed by atoms with van der Waals surface area (Å²) in [5.74, 6) is 0. The minimum absolute atomic E-state index is 0.861. The van der Waals surface area contributed by atoms with Crippen LogP contribution in [0.5, 0.6) is 0 Å². The van der Waals surface area contributed by atoms with Gasteiger partial charge < -0.3 is 18.6 Å². The van der Waals surface area contributed by atoms with Gasteiger partial charge in [0.15, 0.2) is 11.2 Å². The molecule has 0 spiro atoms. The lowest BCUT2D eigenvalue weighted by atomic mass is 9.86. The van der Waals surface area contributed by atoms with E-state index < -0.39 is 0 Å². The number of para-hydroxylation sites is 4. The molecule has 0 atom stereocenters. The van der Waals surface area contributed by atoms with Crippen LogP contribution in [0.3, 0.4) is 0 Å². The molecule has 14 rings (SSSR count). The van der Waals surface area contributed by atoms with E-state index in [2.05, 4.69) is 233 Å². The quantitative estimate of drug-likeness (QED) is 0.142. The highest BCUT2D eigenvalue weighted by molar-refractivity contribution is 6.30. The number of furan rings is 2. The zero-order chi connectivity index (χ0) is 48.5. The van der Waals surface area contributed by atoms with Crippen molar-refractivity contribution in [1.29, 1.82) is 0 Å². The van der Waals surface area contributed by atoms with Crippen LogP contribution >= 0.6 is 0 Å². The Morgan fingerprint density at radius 1 is 0.333 bits per heavy atom. The summed E-state index contributed by atoms with van der Waals surface area (Å²) in [5, 5.41) is 16.8. The van der Waals surface area contributed by atoms with Crippen LogP contribution in [0.2, 0.25) is 0 Å². The predicted octanol–water partition coefficient (Wildman–Crippen LogP) is 20.0. The molecule has 2 heterocycles. The summed E-state index contributed by atoms with van der Waals surface area (Å²) in [5.41, 5.74) is 17.5. The first-order chi connectivity index (χ1) is 35.3. The highest BCUT2D eigenvalue weighted by Crippen LogP contribution is 2.54. The van der Waals surface area contributed by atoms with Crippen molar-refractivity contribution < 1.29 is 8.83 Å². The molecule has 0 radical (unpaired) electrons. The van der Waals surface area contributed by atoms with Gasteiger partial charge in [0.05, 0.1) is 34.1 Å². The average Bonchev–Trinajstić information content (AvgIpc) is 3.99. The van der Waals surface area contributed by atoms with Crippen LogP contribution in [0.25, 0.3) is 97.7 Å². The van der Waals surface area contributed by atoms with Crippen LogP contribution in [0.15, 0.2) is 191 Å². The van der Waals surface area contributed by atoms with Gasteiger partial charge in [0.1, 0.15) is 11.2 Å². The van der Waals surface area contributed by atoms with Crippen molar-refractivity contribution in [3.8, 4) is 0 Å². The van der Waals surface area contributed by atoms with Gasteiger partial charge in [0.25, 0.3) is 0 Å². The van der Waals surface area contributed by atoms with E-state index >= 15 is 0 Å². The number of benzene rings is 12. The van der Waals surface area contributed by atoms with E-state index in [9.17, 15) is 0 Å². The number of fused-ring (bicyclic) bond motifs is 8. The Balaban J connectivity index is 1.14. The molecule has 4 nitrogen and oxygen atoms in total. The molecule has 0 saturated heterocycles. The molecule has 0 aliphatic heterocycles. The molecule has 2 aromatic heterocycles. The predicted molar refractivity (Wildman–Crippen MR) is 307 cm³/mol. The molecule has 0 aliphatic rings. The SMILES string of the molecule is CCc1cc(N(c2c(C)ccc3ccc(C)cc23)c2cccc3c2oc2ccccc23)c2ccc3c(CC)cc(N(c4c(C)ccc5ccc(C)cc45)c4cccc5c4oc4ccccc45)c4ccc1c2c34. The lowest BCUT2D eigenvalue weighted by Gasteiger charge is -2.32. The standard InChI is InChI=1S/C68H52N2O2/c1-7-43-37-59(69(65-41(5)25-29-45-27-23-39(3)35-55(45)65)57-19-13-17-51-49-15-9-11-21-61(49)71-67(51)57)53-34-32-48-44(8-2)38-60(54-33-31-47(43)63(53)64(48)54)70(66-42(6)26-30-46-28-24-40(4)36-56(46)66)58-20-14-18-52-50-16-10-12-22-62(50)72-68(52)58/h9-38H,7-8H2,1-6H3. The van der Waals surface area contributed by atoms with Crippen molar-refractivity contribution >= 4 is 132 Å². The largest absolute Gasteiger partial charge is 0.454 e. The first-order valence-electron chi connectivity index (χ1n) is 25.4. The van der Waals surface area contributed by atoms with Gasteiger partial charge in [-0.25, -0.2) is 0 Å². The van der Waals surface area contributed by atoms with Gasteiger partial charge in [0.2, 0.25) is 0 Å². The summed E-state index contributed by atoms with van der Waals surface area (Å²) in [6, 6.07) is 67.5. The van der Waals surface area contributed by atoms with Gasteiger partial charge in [-0.1, -0.05) is 158 Å². The second-order valence-electron chi connectivity index (χ2n) is 20.0. The number of hydrogen-bond acceptors (Lipinski definition) is 4. The zero-order valence-corrected chi connectivity index (χ0v) is 41.4. The van der Waals surface area contributed by atoms with Crippen molar-refractivity contribution in [2.24, 2.45) is 0 Å². The van der Waals surface area contributed by atoms with Crippen molar-refractivity contribution in [2.75, 3.05) is 9.80 Å². The summed E-state index contributed by atoms with van der Waals surface area (Å²) in [6.45, 7) is 13.5. The Morgan fingerprint density at radius 2 is 0.736 bits per heavy atom. The van der Waals surface area contributed by atoms with Gasteiger partial charge in [0, 0.05) is 43.1 Å². The molecule has 72 heavy (non-hydrogen) atoms. The second-order valence-corrected chi connectivity index (χ2v) is 20.0. The van der Waals surface area contributed by atoms with Gasteiger partial charge in [-0.15, -0.1) is 0 Å². The fraction of sp³-hybridized carbons (Fsp3) is 0.118. The molecular weight excluding hydrogens is 877 g/mol. The Kier molecular flexibility index (Phi) is 9.38. The summed E-state index contributed by atoms with van der Waals surface area (Å²) in [4.78, 5) is 5.07. The summed E-state index contributed by atoms with van der Waals surface area (Å²) in [7, 11) is 0. The van der Waals surface area contributed by atoms with Gasteiger partial charge in [-0.05, 0) is 144 Å². The number of rotatable bonds is 8. The molecule has 14 aromatic rings. The Morgan fingerprint density at radius 3 is 1.18 bits per heavy atom. The zero-order valence-electron chi connectivity index (χ0n) is 41.4. The van der Waals surface area contributed by atoms with E-state index in [4.69, 9.17) is 8.83 Å². The molecule has 4 heteroatoms. The van der Waals surface area contributed by atoms with Crippen molar-refractivity contribution in [1.82, 2.24) is 0 Å². The highest BCUT2D eigenvalue weighted by Gasteiger charge is 2.30. The van der Waals surface area contributed by atoms with Crippen LogP contribution in [0.1, 0.15) is 47.2 Å². The minimum Gasteiger partial charge on any atom is -0.454 e. The summed E-state index contributed by atoms with van der Waals surface area (Å²) in [6.07, 6.45) is 1.72. The third-order valence-electron chi connectivity index (χ3n) is 15.7. The van der Waals surface area contributed by atoms with Crippen molar-refractivity contribution in [3.05, 3.63) is 215 Å². The minimum atomic E-state index is 0.861. The van der Waals surface area contributed by atoms with Crippen molar-refractivity contribution in [2.45, 2.75) is 54.4 Å². The third-order valence-corrected chi connectivity index (χ3v) is 15.7. The smallest absolute Gasteiger partial charge is 0.159 e. The Bertz CT molecular complexity index is 4250. The number of hydrogen-bond donors (Lipinski definition) is 0. The molecule has 0 saturated carbocycles. The van der Waals surface area contributed by atoms with Crippen LogP contribution in [0, 0.1) is 27.7 Å². The van der Waals surface area contributed by atoms with E-state index in [1.165, 1.54) is 87.2 Å². The first-order valence-corrected chi connectivity index (χ1v) is 25.4. The monoisotopic (exact) mass is 928 g/mol. The molecule has 0 bridgehead atoms. The molecule has 0 unspecified atom stereocenters. The number of nitrogens with zero attached hydrogens (tertiary/aromatic N) is 2. The van der Waals surface area contributed by atoms with Crippen LogP contribution in [-0.2, 0) is 12.8 Å². The Hall–Kier alpha value is -8.60. The van der Waals surface area contributed by atoms with E-state index in [-0.39, 0.29) is 0 Å². The second kappa shape index (κ2) is 16.0. The van der Waals surface area contributed by atoms with Gasteiger partial charge in [-0.2, -0.15) is 0 Å². The van der Waals surface area contributed by atoms with Gasteiger partial charge >= 0.3 is 0 Å². The number of anilines is 6. The third kappa shape index (κ3) is 6.11. The van der Waals surface area contributed by atoms with Crippen LogP contribution in [-0.4, -0.2) is 0 Å². The van der Waals surface area contributed by atoms with Gasteiger partial charge in [-0.3, -0.25) is 0 Å². The topological polar surface area (TPSA) is 32.8 Å². The number of aryl methyl sites for hydroxylation is 6. The molecule has 346 valence electrons. The first kappa shape index (κ1) is 42.3. The molecule has 0 amide bonds. The van der Waals surface area contributed by atoms with E-state index in [0.29, 0.717) is 0 Å². The average molecular weight is 929 g/mol. The maximum atomic E-state index is 6.96. The lowest BCUT2D eigenvalue weighted by molar-refractivity contribution is 0.669. The lowest BCUT2D eigenvalue weighted by Crippen LogP contribution is -2.14. The molecule has 12 aromatic carbocycles. The molecule has 0 aliphatic carbocycles. The molecule has 0 N–H and O–H groups in total.